The minimum absolute atomic E-state index is 0.360. The highest BCUT2D eigenvalue weighted by molar-refractivity contribution is 5.87. The van der Waals surface area contributed by atoms with Gasteiger partial charge < -0.3 is 13.9 Å². The van der Waals surface area contributed by atoms with Crippen LogP contribution in [-0.2, 0) is 0 Å². The molecule has 0 spiro atoms. The summed E-state index contributed by atoms with van der Waals surface area (Å²) in [5.74, 6) is 1.42. The maximum absolute atomic E-state index is 12.6. The van der Waals surface area contributed by atoms with Crippen molar-refractivity contribution >= 4 is 11.0 Å². The summed E-state index contributed by atoms with van der Waals surface area (Å²) in [5.41, 5.74) is 3.62. The van der Waals surface area contributed by atoms with Crippen LogP contribution in [0.15, 0.2) is 63.3 Å². The lowest BCUT2D eigenvalue weighted by Crippen LogP contribution is -2.06. The lowest BCUT2D eigenvalue weighted by molar-refractivity contribution is 0.361. The van der Waals surface area contributed by atoms with Gasteiger partial charge in [0.1, 0.15) is 23.7 Å². The highest BCUT2D eigenvalue weighted by Crippen LogP contribution is 2.29. The molecule has 2 aromatic carbocycles. The molecule has 1 heterocycles. The summed E-state index contributed by atoms with van der Waals surface area (Å²) in [6, 6.07) is 13.0. The lowest BCUT2D eigenvalue weighted by Gasteiger charge is -2.10. The van der Waals surface area contributed by atoms with Crippen molar-refractivity contribution in [1.29, 1.82) is 0 Å². The van der Waals surface area contributed by atoms with Crippen molar-refractivity contribution in [2.45, 2.75) is 20.8 Å². The molecule has 0 bridgehead atoms. The Hall–Kier alpha value is -3.01. The molecule has 3 rings (SSSR count). The van der Waals surface area contributed by atoms with Crippen LogP contribution in [-0.4, -0.2) is 13.7 Å². The minimum atomic E-state index is -0.360. The van der Waals surface area contributed by atoms with Gasteiger partial charge in [0, 0.05) is 11.5 Å². The molecule has 0 aliphatic heterocycles. The Morgan fingerprint density at radius 2 is 1.77 bits per heavy atom. The average molecular weight is 350 g/mol. The first kappa shape index (κ1) is 17.8. The molecule has 0 unspecified atom stereocenters. The number of hydrogen-bond donors (Lipinski definition) is 0. The predicted molar refractivity (Wildman–Crippen MR) is 104 cm³/mol. The number of hydrogen-bond acceptors (Lipinski definition) is 4. The molecule has 26 heavy (non-hydrogen) atoms. The van der Waals surface area contributed by atoms with E-state index in [4.69, 9.17) is 13.9 Å². The van der Waals surface area contributed by atoms with Crippen molar-refractivity contribution < 1.29 is 13.9 Å². The molecule has 0 aliphatic carbocycles. The van der Waals surface area contributed by atoms with Crippen molar-refractivity contribution in [1.82, 2.24) is 0 Å². The Balaban J connectivity index is 2.02. The van der Waals surface area contributed by atoms with E-state index in [1.54, 1.807) is 13.2 Å². The van der Waals surface area contributed by atoms with E-state index in [0.717, 1.165) is 22.3 Å². The van der Waals surface area contributed by atoms with Gasteiger partial charge in [-0.1, -0.05) is 17.7 Å². The van der Waals surface area contributed by atoms with Gasteiger partial charge >= 0.3 is 5.63 Å². The fourth-order valence-electron chi connectivity index (χ4n) is 2.82. The van der Waals surface area contributed by atoms with Crippen LogP contribution in [0.5, 0.6) is 11.5 Å². The van der Waals surface area contributed by atoms with Gasteiger partial charge in [0.2, 0.25) is 0 Å². The zero-order valence-corrected chi connectivity index (χ0v) is 15.5. The van der Waals surface area contributed by atoms with Crippen LogP contribution in [0.3, 0.4) is 0 Å². The third-order valence-corrected chi connectivity index (χ3v) is 4.26. The Morgan fingerprint density at radius 3 is 2.42 bits per heavy atom. The Morgan fingerprint density at radius 1 is 1.08 bits per heavy atom. The summed E-state index contributed by atoms with van der Waals surface area (Å²) in [6.07, 6.45) is 2.00. The molecule has 0 amide bonds. The number of benzene rings is 2. The van der Waals surface area contributed by atoms with Gasteiger partial charge in [0.15, 0.2) is 0 Å². The SMILES string of the molecule is COc1ccc(-c2c(C)c3ccc(OCC=C(C)C)cc3oc2=O)cc1. The van der Waals surface area contributed by atoms with E-state index in [2.05, 4.69) is 0 Å². The van der Waals surface area contributed by atoms with Crippen LogP contribution in [0.25, 0.3) is 22.1 Å². The number of aryl methyl sites for hydroxylation is 1. The fourth-order valence-corrected chi connectivity index (χ4v) is 2.82. The Bertz CT molecular complexity index is 1010. The monoisotopic (exact) mass is 350 g/mol. The topological polar surface area (TPSA) is 48.7 Å². The van der Waals surface area contributed by atoms with E-state index in [1.165, 1.54) is 5.57 Å². The quantitative estimate of drug-likeness (QED) is 0.473. The van der Waals surface area contributed by atoms with Gasteiger partial charge in [-0.15, -0.1) is 0 Å². The summed E-state index contributed by atoms with van der Waals surface area (Å²) < 4.78 is 16.4. The second-order valence-corrected chi connectivity index (χ2v) is 6.37. The van der Waals surface area contributed by atoms with Crippen LogP contribution < -0.4 is 15.1 Å². The van der Waals surface area contributed by atoms with E-state index < -0.39 is 0 Å². The van der Waals surface area contributed by atoms with Gasteiger partial charge in [-0.05, 0) is 62.2 Å². The molecule has 4 nitrogen and oxygen atoms in total. The third-order valence-electron chi connectivity index (χ3n) is 4.26. The van der Waals surface area contributed by atoms with Crippen molar-refractivity contribution in [3.63, 3.8) is 0 Å². The van der Waals surface area contributed by atoms with Crippen molar-refractivity contribution in [3.05, 3.63) is 70.1 Å². The zero-order chi connectivity index (χ0) is 18.7. The van der Waals surface area contributed by atoms with Crippen molar-refractivity contribution in [3.8, 4) is 22.6 Å². The van der Waals surface area contributed by atoms with E-state index in [-0.39, 0.29) is 5.63 Å². The molecule has 0 saturated carbocycles. The predicted octanol–water partition coefficient (Wildman–Crippen LogP) is 5.12. The van der Waals surface area contributed by atoms with Crippen molar-refractivity contribution in [2.75, 3.05) is 13.7 Å². The molecule has 0 saturated heterocycles. The third kappa shape index (κ3) is 3.64. The lowest BCUT2D eigenvalue weighted by atomic mass is 9.99. The fraction of sp³-hybridized carbons (Fsp3) is 0.227. The Labute approximate surface area is 152 Å². The van der Waals surface area contributed by atoms with E-state index in [9.17, 15) is 4.79 Å². The molecule has 0 fully saturated rings. The largest absolute Gasteiger partial charge is 0.497 e. The summed E-state index contributed by atoms with van der Waals surface area (Å²) in [7, 11) is 1.61. The van der Waals surface area contributed by atoms with Gasteiger partial charge in [-0.25, -0.2) is 4.79 Å². The summed E-state index contributed by atoms with van der Waals surface area (Å²) >= 11 is 0. The van der Waals surface area contributed by atoms with Crippen LogP contribution >= 0.6 is 0 Å². The summed E-state index contributed by atoms with van der Waals surface area (Å²) in [5, 5.41) is 0.894. The van der Waals surface area contributed by atoms with E-state index in [1.807, 2.05) is 63.2 Å². The van der Waals surface area contributed by atoms with Gasteiger partial charge in [0.25, 0.3) is 0 Å². The molecule has 4 heteroatoms. The molecule has 0 atom stereocenters. The summed E-state index contributed by atoms with van der Waals surface area (Å²) in [6.45, 7) is 6.46. The van der Waals surface area contributed by atoms with E-state index in [0.29, 0.717) is 23.5 Å². The average Bonchev–Trinajstić information content (AvgIpc) is 2.61. The maximum Gasteiger partial charge on any atom is 0.344 e. The first-order chi connectivity index (χ1) is 12.5. The number of allylic oxidation sites excluding steroid dienone is 1. The molecule has 0 aliphatic rings. The van der Waals surface area contributed by atoms with Crippen LogP contribution in [0.2, 0.25) is 0 Å². The standard InChI is InChI=1S/C22H22O4/c1-14(2)11-12-25-18-9-10-19-15(3)21(22(23)26-20(19)13-18)16-5-7-17(24-4)8-6-16/h5-11,13H,12H2,1-4H3. The number of methoxy groups -OCH3 is 1. The summed E-state index contributed by atoms with van der Waals surface area (Å²) in [4.78, 5) is 12.6. The highest BCUT2D eigenvalue weighted by Gasteiger charge is 2.14. The molecular formula is C22H22O4. The number of rotatable bonds is 5. The van der Waals surface area contributed by atoms with Crippen LogP contribution in [0.1, 0.15) is 19.4 Å². The first-order valence-electron chi connectivity index (χ1n) is 8.47. The smallest absolute Gasteiger partial charge is 0.344 e. The molecule has 134 valence electrons. The molecular weight excluding hydrogens is 328 g/mol. The van der Waals surface area contributed by atoms with E-state index >= 15 is 0 Å². The number of ether oxygens (including phenoxy) is 2. The first-order valence-corrected chi connectivity index (χ1v) is 8.47. The van der Waals surface area contributed by atoms with Gasteiger partial charge in [-0.3, -0.25) is 0 Å². The Kier molecular flexibility index (Phi) is 5.12. The minimum Gasteiger partial charge on any atom is -0.497 e. The second kappa shape index (κ2) is 7.48. The molecule has 0 N–H and O–H groups in total. The van der Waals surface area contributed by atoms with Crippen molar-refractivity contribution in [2.24, 2.45) is 0 Å². The zero-order valence-electron chi connectivity index (χ0n) is 15.5. The normalized spacial score (nSPS) is 10.6. The van der Waals surface area contributed by atoms with Gasteiger partial charge in [-0.2, -0.15) is 0 Å². The van der Waals surface area contributed by atoms with Crippen LogP contribution in [0, 0.1) is 6.92 Å². The highest BCUT2D eigenvalue weighted by atomic mass is 16.5. The molecule has 1 aromatic heterocycles. The molecule has 0 radical (unpaired) electrons. The number of fused-ring (bicyclic) bond motifs is 1. The van der Waals surface area contributed by atoms with Crippen LogP contribution in [0.4, 0.5) is 0 Å². The second-order valence-electron chi connectivity index (χ2n) is 6.37. The maximum atomic E-state index is 12.6. The molecule has 3 aromatic rings. The van der Waals surface area contributed by atoms with Gasteiger partial charge in [0.05, 0.1) is 12.7 Å².